The topological polar surface area (TPSA) is 108 Å². The molecule has 10 heteroatoms. The van der Waals surface area contributed by atoms with Crippen LogP contribution in [0, 0.1) is 28.1 Å². The minimum absolute atomic E-state index is 0.00720. The summed E-state index contributed by atoms with van der Waals surface area (Å²) in [6.07, 6.45) is -4.68. The number of rotatable bonds is 4. The monoisotopic (exact) mass is 496 g/mol. The number of urea groups is 1. The van der Waals surface area contributed by atoms with Gasteiger partial charge in [0.05, 0.1) is 40.6 Å². The van der Waals surface area contributed by atoms with Gasteiger partial charge in [-0.05, 0) is 48.2 Å². The Balaban J connectivity index is 2.34. The maximum Gasteiger partial charge on any atom is 0.416 e. The van der Waals surface area contributed by atoms with Crippen LogP contribution in [0.4, 0.5) is 23.7 Å². The molecule has 1 unspecified atom stereocenters. The summed E-state index contributed by atoms with van der Waals surface area (Å²) in [4.78, 5) is 28.4. The van der Waals surface area contributed by atoms with Crippen molar-refractivity contribution in [2.45, 2.75) is 46.0 Å². The van der Waals surface area contributed by atoms with E-state index in [1.54, 1.807) is 20.8 Å². The number of alkyl halides is 3. The summed E-state index contributed by atoms with van der Waals surface area (Å²) in [6, 6.07) is 10.6. The summed E-state index contributed by atoms with van der Waals surface area (Å²) in [7, 11) is 0. The van der Waals surface area contributed by atoms with Crippen molar-refractivity contribution >= 4 is 17.7 Å². The number of carboxylic acid groups (broad SMARTS) is 1. The van der Waals surface area contributed by atoms with E-state index in [0.29, 0.717) is 11.1 Å². The molecule has 2 aromatic carbocycles. The molecule has 0 saturated carbocycles. The molecule has 36 heavy (non-hydrogen) atoms. The maximum absolute atomic E-state index is 14.0. The first-order valence-corrected chi connectivity index (χ1v) is 10.9. The summed E-state index contributed by atoms with van der Waals surface area (Å²) < 4.78 is 40.2. The number of amides is 2. The van der Waals surface area contributed by atoms with E-state index in [2.05, 4.69) is 0 Å². The highest BCUT2D eigenvalue weighted by Gasteiger charge is 2.49. The minimum Gasteiger partial charge on any atom is -0.480 e. The largest absolute Gasteiger partial charge is 0.480 e. The molecule has 1 heterocycles. The quantitative estimate of drug-likeness (QED) is 0.571. The van der Waals surface area contributed by atoms with Crippen LogP contribution >= 0.6 is 0 Å². The Kier molecular flexibility index (Phi) is 6.86. The molecule has 1 N–H and O–H groups in total. The van der Waals surface area contributed by atoms with E-state index in [4.69, 9.17) is 5.26 Å². The van der Waals surface area contributed by atoms with Crippen LogP contribution < -0.4 is 4.90 Å². The number of allylic oxidation sites excluding steroid dienone is 1. The van der Waals surface area contributed by atoms with Crippen molar-refractivity contribution in [3.63, 3.8) is 0 Å². The number of anilines is 1. The second kappa shape index (κ2) is 9.38. The van der Waals surface area contributed by atoms with Gasteiger partial charge < -0.3 is 5.11 Å². The molecule has 0 saturated heterocycles. The highest BCUT2D eigenvalue weighted by Crippen LogP contribution is 2.44. The van der Waals surface area contributed by atoms with Gasteiger partial charge in [-0.15, -0.1) is 0 Å². The smallest absolute Gasteiger partial charge is 0.416 e. The lowest BCUT2D eigenvalue weighted by Crippen LogP contribution is -2.59. The number of hydrogen-bond acceptors (Lipinski definition) is 4. The van der Waals surface area contributed by atoms with Crippen molar-refractivity contribution in [3.8, 4) is 12.1 Å². The number of benzene rings is 2. The second-order valence-electron chi connectivity index (χ2n) is 9.43. The second-order valence-corrected chi connectivity index (χ2v) is 9.43. The molecule has 3 rings (SSSR count). The fourth-order valence-corrected chi connectivity index (χ4v) is 4.33. The van der Waals surface area contributed by atoms with Crippen molar-refractivity contribution in [1.82, 2.24) is 4.90 Å². The first-order chi connectivity index (χ1) is 16.7. The van der Waals surface area contributed by atoms with Crippen molar-refractivity contribution < 1.29 is 27.9 Å². The molecule has 0 aliphatic carbocycles. The molecule has 1 aliphatic heterocycles. The van der Waals surface area contributed by atoms with Crippen LogP contribution in [0.3, 0.4) is 0 Å². The van der Waals surface area contributed by atoms with Crippen molar-refractivity contribution in [3.05, 3.63) is 76.5 Å². The highest BCUT2D eigenvalue weighted by atomic mass is 19.4. The van der Waals surface area contributed by atoms with Gasteiger partial charge in [-0.2, -0.15) is 23.7 Å². The predicted octanol–water partition coefficient (Wildman–Crippen LogP) is 5.86. The number of carbonyl (C=O) groups excluding carboxylic acids is 1. The van der Waals surface area contributed by atoms with Crippen LogP contribution in [0.25, 0.3) is 0 Å². The first kappa shape index (κ1) is 26.3. The number of carbonyl (C=O) groups is 2. The Morgan fingerprint density at radius 2 is 1.67 bits per heavy atom. The van der Waals surface area contributed by atoms with Crippen molar-refractivity contribution in [2.24, 2.45) is 5.41 Å². The number of hydrogen-bond donors (Lipinski definition) is 1. The van der Waals surface area contributed by atoms with Crippen LogP contribution in [0.5, 0.6) is 0 Å². The Labute approximate surface area is 206 Å². The Hall–Kier alpha value is -4.31. The number of halogens is 3. The van der Waals surface area contributed by atoms with Crippen LogP contribution in [-0.4, -0.2) is 28.0 Å². The molecule has 0 radical (unpaired) electrons. The molecule has 0 aromatic heterocycles. The van der Waals surface area contributed by atoms with Gasteiger partial charge in [0.1, 0.15) is 6.04 Å². The third-order valence-corrected chi connectivity index (χ3v) is 5.93. The zero-order chi connectivity index (χ0) is 27.0. The zero-order valence-corrected chi connectivity index (χ0v) is 20.0. The molecule has 2 amide bonds. The van der Waals surface area contributed by atoms with Gasteiger partial charge in [0.25, 0.3) is 0 Å². The normalized spacial score (nSPS) is 17.5. The molecule has 2 aromatic rings. The summed E-state index contributed by atoms with van der Waals surface area (Å²) in [5, 5.41) is 29.4. The lowest BCUT2D eigenvalue weighted by molar-refractivity contribution is -0.147. The third kappa shape index (κ3) is 4.76. The van der Waals surface area contributed by atoms with Crippen LogP contribution in [0.2, 0.25) is 0 Å². The van der Waals surface area contributed by atoms with Gasteiger partial charge >= 0.3 is 18.2 Å². The Bertz CT molecular complexity index is 1310. The van der Waals surface area contributed by atoms with Gasteiger partial charge in [0, 0.05) is 5.70 Å². The maximum atomic E-state index is 14.0. The summed E-state index contributed by atoms with van der Waals surface area (Å²) in [6.45, 7) is 6.26. The minimum atomic E-state index is -4.68. The van der Waals surface area contributed by atoms with Crippen molar-refractivity contribution in [1.29, 1.82) is 10.5 Å². The third-order valence-electron chi connectivity index (χ3n) is 5.93. The predicted molar refractivity (Wildman–Crippen MR) is 124 cm³/mol. The van der Waals surface area contributed by atoms with E-state index in [9.17, 15) is 33.1 Å². The van der Waals surface area contributed by atoms with E-state index in [0.717, 1.165) is 28.0 Å². The van der Waals surface area contributed by atoms with E-state index in [-0.39, 0.29) is 17.0 Å². The standard InChI is InChI=1S/C26H23F3N4O3/c1-15-20(14-31)21(17-10-8-16(13-30)9-11-17)33(22(23(34)35)25(2,3)4)24(36)32(15)19-7-5-6-18(12-19)26(27,28)29/h5-12,21-22H,1-4H3,(H,34,35)/t21-,22?/m1/s1. The lowest BCUT2D eigenvalue weighted by Gasteiger charge is -2.47. The molecule has 186 valence electrons. The molecule has 1 aliphatic rings. The van der Waals surface area contributed by atoms with E-state index >= 15 is 0 Å². The van der Waals surface area contributed by atoms with Gasteiger partial charge in [0.2, 0.25) is 0 Å². The molecular formula is C26H23F3N4O3. The van der Waals surface area contributed by atoms with Crippen LogP contribution in [0.1, 0.15) is 50.4 Å². The number of nitrogens with zero attached hydrogens (tertiary/aromatic N) is 4. The lowest BCUT2D eigenvalue weighted by atomic mass is 9.82. The summed E-state index contributed by atoms with van der Waals surface area (Å²) in [5.41, 5.74) is -1.39. The Morgan fingerprint density at radius 1 is 1.06 bits per heavy atom. The SMILES string of the molecule is CC1=C(C#N)[C@@H](c2ccc(C#N)cc2)N(C(C(=O)O)C(C)(C)C)C(=O)N1c1cccc(C(F)(F)F)c1. The average molecular weight is 496 g/mol. The molecule has 0 spiro atoms. The van der Waals surface area contributed by atoms with Gasteiger partial charge in [-0.3, -0.25) is 9.80 Å². The first-order valence-electron chi connectivity index (χ1n) is 10.9. The molecule has 0 bridgehead atoms. The Morgan fingerprint density at radius 3 is 2.14 bits per heavy atom. The van der Waals surface area contributed by atoms with E-state index < -0.39 is 41.2 Å². The van der Waals surface area contributed by atoms with E-state index in [1.165, 1.54) is 37.3 Å². The fraction of sp³-hybridized carbons (Fsp3) is 0.308. The molecule has 0 fully saturated rings. The zero-order valence-electron chi connectivity index (χ0n) is 20.0. The van der Waals surface area contributed by atoms with E-state index in [1.807, 2.05) is 12.1 Å². The number of aliphatic carboxylic acids is 1. The van der Waals surface area contributed by atoms with Crippen LogP contribution in [0.15, 0.2) is 59.8 Å². The van der Waals surface area contributed by atoms with Crippen molar-refractivity contribution in [2.75, 3.05) is 4.90 Å². The fourth-order valence-electron chi connectivity index (χ4n) is 4.33. The number of carboxylic acids is 1. The molecule has 2 atom stereocenters. The van der Waals surface area contributed by atoms with Crippen LogP contribution in [-0.2, 0) is 11.0 Å². The number of nitriles is 2. The summed E-state index contributed by atoms with van der Waals surface area (Å²) in [5.74, 6) is -1.34. The average Bonchev–Trinajstić information content (AvgIpc) is 2.79. The van der Waals surface area contributed by atoms with Gasteiger partial charge in [0.15, 0.2) is 0 Å². The van der Waals surface area contributed by atoms with Gasteiger partial charge in [-0.1, -0.05) is 39.0 Å². The summed E-state index contributed by atoms with van der Waals surface area (Å²) >= 11 is 0. The molecular weight excluding hydrogens is 473 g/mol. The molecule has 7 nitrogen and oxygen atoms in total. The highest BCUT2D eigenvalue weighted by molar-refractivity contribution is 6.00. The van der Waals surface area contributed by atoms with Gasteiger partial charge in [-0.25, -0.2) is 9.59 Å².